The molecule has 0 fully saturated rings. The molecule has 1 atom stereocenters. The fourth-order valence-corrected chi connectivity index (χ4v) is 1.35. The Balaban J connectivity index is 0.000000312. The van der Waals surface area contributed by atoms with Crippen molar-refractivity contribution < 1.29 is 23.3 Å². The van der Waals surface area contributed by atoms with Crippen molar-refractivity contribution in [3.05, 3.63) is 42.4 Å². The van der Waals surface area contributed by atoms with Crippen LogP contribution in [0.25, 0.3) is 11.3 Å². The van der Waals surface area contributed by atoms with Crippen molar-refractivity contribution in [2.45, 2.75) is 13.0 Å². The van der Waals surface area contributed by atoms with Gasteiger partial charge in [-0.25, -0.2) is 13.4 Å². The molecule has 19 heavy (non-hydrogen) atoms. The molecule has 8 heteroatoms. The molecule has 1 unspecified atom stereocenters. The second kappa shape index (κ2) is 6.43. The minimum Gasteiger partial charge on any atom is -0.726 e. The van der Waals surface area contributed by atoms with Crippen molar-refractivity contribution in [1.82, 2.24) is 9.97 Å². The predicted octanol–water partition coefficient (Wildman–Crippen LogP) is 0.384. The molecule has 0 radical (unpaired) electrons. The van der Waals surface area contributed by atoms with Crippen LogP contribution in [0.15, 0.2) is 36.5 Å². The van der Waals surface area contributed by atoms with Crippen LogP contribution in [0.4, 0.5) is 0 Å². The van der Waals surface area contributed by atoms with E-state index in [9.17, 15) is 0 Å². The van der Waals surface area contributed by atoms with Gasteiger partial charge in [0.05, 0.1) is 11.9 Å². The second-order valence-electron chi connectivity index (χ2n) is 3.88. The van der Waals surface area contributed by atoms with E-state index in [0.717, 1.165) is 17.1 Å². The van der Waals surface area contributed by atoms with Crippen LogP contribution in [0.3, 0.4) is 0 Å². The molecule has 0 bridgehead atoms. The maximum atomic E-state index is 8.63. The van der Waals surface area contributed by atoms with Crippen LogP contribution in [0.5, 0.6) is 0 Å². The molecule has 1 aromatic heterocycles. The Hall–Kier alpha value is -1.74. The smallest absolute Gasteiger partial charge is 0.215 e. The second-order valence-corrected chi connectivity index (χ2v) is 4.73. The van der Waals surface area contributed by atoms with Crippen molar-refractivity contribution in [2.24, 2.45) is 0 Å². The predicted molar refractivity (Wildman–Crippen MR) is 67.7 cm³/mol. The van der Waals surface area contributed by atoms with Crippen molar-refractivity contribution in [3.8, 4) is 11.3 Å². The van der Waals surface area contributed by atoms with Gasteiger partial charge in [0.25, 0.3) is 0 Å². The van der Waals surface area contributed by atoms with E-state index in [2.05, 4.69) is 27.8 Å². The van der Waals surface area contributed by atoms with Gasteiger partial charge in [0.2, 0.25) is 10.4 Å². The van der Waals surface area contributed by atoms with Gasteiger partial charge in [-0.1, -0.05) is 30.3 Å². The van der Waals surface area contributed by atoms with E-state index in [-0.39, 0.29) is 6.04 Å². The van der Waals surface area contributed by atoms with Gasteiger partial charge in [-0.3, -0.25) is 4.55 Å². The fourth-order valence-electron chi connectivity index (χ4n) is 1.35. The Bertz CT molecular complexity index is 600. The van der Waals surface area contributed by atoms with Gasteiger partial charge >= 0.3 is 0 Å². The molecule has 2 rings (SSSR count). The number of nitrogens with one attached hydrogen (secondary N) is 1. The Morgan fingerprint density at radius 3 is 2.32 bits per heavy atom. The van der Waals surface area contributed by atoms with Crippen LogP contribution >= 0.6 is 0 Å². The molecule has 0 aliphatic carbocycles. The zero-order valence-electron chi connectivity index (χ0n) is 10.3. The lowest BCUT2D eigenvalue weighted by molar-refractivity contribution is -0.422. The number of nitrogens with zero attached hydrogens (tertiary/aromatic N) is 1. The fraction of sp³-hybridized carbons (Fsp3) is 0.182. The van der Waals surface area contributed by atoms with Crippen LogP contribution in [-0.4, -0.2) is 27.5 Å². The highest BCUT2D eigenvalue weighted by molar-refractivity contribution is 7.79. The van der Waals surface area contributed by atoms with E-state index >= 15 is 0 Å². The van der Waals surface area contributed by atoms with Gasteiger partial charge in [-0.05, 0) is 12.5 Å². The highest BCUT2D eigenvalue weighted by Crippen LogP contribution is 2.17. The molecule has 0 saturated heterocycles. The lowest BCUT2D eigenvalue weighted by Gasteiger charge is -1.97. The quantitative estimate of drug-likeness (QED) is 0.542. The first-order valence-electron chi connectivity index (χ1n) is 5.39. The summed E-state index contributed by atoms with van der Waals surface area (Å²) >= 11 is 0. The summed E-state index contributed by atoms with van der Waals surface area (Å²) in [4.78, 5) is 7.53. The number of hydrogen-bond donors (Lipinski definition) is 3. The molecule has 2 aromatic rings. The number of quaternary nitrogens is 1. The van der Waals surface area contributed by atoms with E-state index < -0.39 is 10.4 Å². The van der Waals surface area contributed by atoms with Crippen LogP contribution < -0.4 is 5.73 Å². The average molecular weight is 285 g/mol. The maximum absolute atomic E-state index is 8.63. The number of aromatic nitrogens is 2. The normalized spacial score (nSPS) is 12.4. The molecule has 0 spiro atoms. The highest BCUT2D eigenvalue weighted by Gasteiger charge is 2.07. The average Bonchev–Trinajstić information content (AvgIpc) is 2.77. The number of aromatic amines is 1. The zero-order valence-corrected chi connectivity index (χ0v) is 11.1. The summed E-state index contributed by atoms with van der Waals surface area (Å²) in [5.41, 5.74) is 6.13. The summed E-state index contributed by atoms with van der Waals surface area (Å²) in [6.45, 7) is 2.02. The molecule has 0 saturated carbocycles. The van der Waals surface area contributed by atoms with Gasteiger partial charge in [0.15, 0.2) is 5.82 Å². The van der Waals surface area contributed by atoms with Gasteiger partial charge in [0, 0.05) is 0 Å². The van der Waals surface area contributed by atoms with Crippen LogP contribution in [0.2, 0.25) is 0 Å². The number of hydrogen-bond acceptors (Lipinski definition) is 4. The number of benzene rings is 1. The van der Waals surface area contributed by atoms with Crippen LogP contribution in [0.1, 0.15) is 18.8 Å². The minimum absolute atomic E-state index is 0.201. The standard InChI is InChI=1S/C11H13N3.H2O4S/c1-8(12)11-13-7-10(14-11)9-5-3-2-4-6-9;1-5(2,3)4/h2-8H,12H2,1H3,(H,13,14);(H2,1,2,3,4). The molecular weight excluding hydrogens is 270 g/mol. The molecule has 7 nitrogen and oxygen atoms in total. The van der Waals surface area contributed by atoms with Gasteiger partial charge < -0.3 is 15.3 Å². The highest BCUT2D eigenvalue weighted by atomic mass is 32.3. The number of imidazole rings is 1. The van der Waals surface area contributed by atoms with Crippen molar-refractivity contribution >= 4 is 10.4 Å². The monoisotopic (exact) mass is 285 g/mol. The first kappa shape index (κ1) is 15.3. The van der Waals surface area contributed by atoms with E-state index in [1.165, 1.54) is 0 Å². The number of rotatable bonds is 2. The summed E-state index contributed by atoms with van der Waals surface area (Å²) < 4.78 is 32.8. The third kappa shape index (κ3) is 6.11. The molecule has 1 heterocycles. The Morgan fingerprint density at radius 1 is 1.37 bits per heavy atom. The molecule has 5 N–H and O–H groups in total. The van der Waals surface area contributed by atoms with Crippen LogP contribution in [-0.2, 0) is 10.4 Å². The molecule has 0 aliphatic rings. The van der Waals surface area contributed by atoms with E-state index in [0.29, 0.717) is 0 Å². The van der Waals surface area contributed by atoms with Gasteiger partial charge in [0.1, 0.15) is 6.04 Å². The summed E-state index contributed by atoms with van der Waals surface area (Å²) in [7, 11) is -4.92. The van der Waals surface area contributed by atoms with E-state index in [4.69, 9.17) is 17.5 Å². The molecular formula is C11H15N3O4S. The first-order chi connectivity index (χ1) is 8.77. The van der Waals surface area contributed by atoms with Crippen LogP contribution in [0, 0.1) is 0 Å². The van der Waals surface area contributed by atoms with E-state index in [1.54, 1.807) is 0 Å². The SMILES string of the molecule is CC([NH3+])c1ncc(-c2ccccc2)[nH]1.O=S(=O)([O-])O. The molecule has 1 aromatic carbocycles. The largest absolute Gasteiger partial charge is 0.726 e. The van der Waals surface area contributed by atoms with E-state index in [1.807, 2.05) is 31.3 Å². The van der Waals surface area contributed by atoms with Crippen molar-refractivity contribution in [3.63, 3.8) is 0 Å². The summed E-state index contributed by atoms with van der Waals surface area (Å²) in [6.07, 6.45) is 1.85. The lowest BCUT2D eigenvalue weighted by Crippen LogP contribution is -2.52. The first-order valence-corrected chi connectivity index (χ1v) is 6.75. The Labute approximate surface area is 111 Å². The zero-order chi connectivity index (χ0) is 14.5. The Kier molecular flexibility index (Phi) is 5.19. The van der Waals surface area contributed by atoms with Gasteiger partial charge in [-0.15, -0.1) is 0 Å². The molecule has 0 amide bonds. The van der Waals surface area contributed by atoms with Crippen molar-refractivity contribution in [1.29, 1.82) is 0 Å². The minimum atomic E-state index is -4.92. The number of H-pyrrole nitrogens is 1. The summed E-state index contributed by atoms with van der Waals surface area (Å²) in [5, 5.41) is 0. The summed E-state index contributed by atoms with van der Waals surface area (Å²) in [6, 6.07) is 10.4. The van der Waals surface area contributed by atoms with Gasteiger partial charge in [-0.2, -0.15) is 0 Å². The topological polar surface area (TPSA) is 134 Å². The molecule has 104 valence electrons. The molecule has 0 aliphatic heterocycles. The lowest BCUT2D eigenvalue weighted by atomic mass is 10.2. The Morgan fingerprint density at radius 2 is 1.89 bits per heavy atom. The van der Waals surface area contributed by atoms with Crippen molar-refractivity contribution in [2.75, 3.05) is 0 Å². The maximum Gasteiger partial charge on any atom is 0.215 e. The third-order valence-electron chi connectivity index (χ3n) is 2.15. The third-order valence-corrected chi connectivity index (χ3v) is 2.15. The summed E-state index contributed by atoms with van der Waals surface area (Å²) in [5.74, 6) is 0.934.